The predicted molar refractivity (Wildman–Crippen MR) is 46.8 cm³/mol. The second kappa shape index (κ2) is 2.42. The average molecular weight is 151 g/mol. The van der Waals surface area contributed by atoms with Gasteiger partial charge in [-0.25, -0.2) is 4.99 Å². The van der Waals surface area contributed by atoms with Crippen molar-refractivity contribution in [1.29, 1.82) is 0 Å². The van der Waals surface area contributed by atoms with E-state index in [2.05, 4.69) is 4.99 Å². The number of nitrogens with zero attached hydrogens (tertiary/aromatic N) is 1. The van der Waals surface area contributed by atoms with Crippen LogP contribution in [0.4, 0.5) is 0 Å². The molecule has 3 nitrogen and oxygen atoms in total. The van der Waals surface area contributed by atoms with Crippen LogP contribution in [0.2, 0.25) is 0 Å². The molecule has 1 heterocycles. The van der Waals surface area contributed by atoms with Crippen LogP contribution in [0.5, 0.6) is 0 Å². The molecule has 0 saturated carbocycles. The number of hydrogen-bond acceptors (Lipinski definition) is 3. The third kappa shape index (κ3) is 1.83. The maximum Gasteiger partial charge on any atom is 0.146 e. The van der Waals surface area contributed by atoms with E-state index in [-0.39, 0.29) is 5.41 Å². The van der Waals surface area contributed by atoms with Gasteiger partial charge in [-0.1, -0.05) is 19.9 Å². The van der Waals surface area contributed by atoms with Gasteiger partial charge in [0.05, 0.1) is 5.70 Å². The lowest BCUT2D eigenvalue weighted by molar-refractivity contribution is 0.622. The van der Waals surface area contributed by atoms with E-state index in [0.717, 1.165) is 0 Å². The molecule has 1 rings (SSSR count). The summed E-state index contributed by atoms with van der Waals surface area (Å²) in [5.41, 5.74) is 11.6. The van der Waals surface area contributed by atoms with Gasteiger partial charge in [0.25, 0.3) is 0 Å². The molecular formula is C8H13N3. The molecule has 0 spiro atoms. The first kappa shape index (κ1) is 7.85. The molecule has 0 aromatic rings. The van der Waals surface area contributed by atoms with Gasteiger partial charge in [-0.05, 0) is 6.08 Å². The van der Waals surface area contributed by atoms with E-state index >= 15 is 0 Å². The molecule has 0 amide bonds. The fourth-order valence-corrected chi connectivity index (χ4v) is 0.907. The Hall–Kier alpha value is -1.25. The van der Waals surface area contributed by atoms with Crippen LogP contribution < -0.4 is 11.5 Å². The zero-order chi connectivity index (χ0) is 8.48. The van der Waals surface area contributed by atoms with Gasteiger partial charge in [-0.15, -0.1) is 0 Å². The maximum absolute atomic E-state index is 5.62. The summed E-state index contributed by atoms with van der Waals surface area (Å²) in [4.78, 5) is 3.92. The Bertz CT molecular complexity index is 246. The molecule has 1 aliphatic heterocycles. The molecule has 0 atom stereocenters. The standard InChI is InChI=1S/C8H13N3/c1-8(2)3-4-11-7(10)6(9)5-8/h3-5H,9H2,1-2H3,(H2,10,11). The summed E-state index contributed by atoms with van der Waals surface area (Å²) in [6.07, 6.45) is 5.54. The van der Waals surface area contributed by atoms with Crippen molar-refractivity contribution in [3.63, 3.8) is 0 Å². The molecule has 0 radical (unpaired) electrons. The first-order valence-electron chi connectivity index (χ1n) is 3.51. The summed E-state index contributed by atoms with van der Waals surface area (Å²) in [6, 6.07) is 0. The normalized spacial score (nSPS) is 22.0. The van der Waals surface area contributed by atoms with Crippen molar-refractivity contribution in [1.82, 2.24) is 0 Å². The summed E-state index contributed by atoms with van der Waals surface area (Å²) >= 11 is 0. The highest BCUT2D eigenvalue weighted by Crippen LogP contribution is 2.21. The van der Waals surface area contributed by atoms with Gasteiger partial charge in [0.15, 0.2) is 0 Å². The topological polar surface area (TPSA) is 64.4 Å². The highest BCUT2D eigenvalue weighted by molar-refractivity contribution is 5.96. The molecule has 0 bridgehead atoms. The Balaban J connectivity index is 3.03. The molecule has 11 heavy (non-hydrogen) atoms. The van der Waals surface area contributed by atoms with Crippen molar-refractivity contribution >= 4 is 5.84 Å². The number of hydrogen-bond donors (Lipinski definition) is 2. The molecule has 0 aromatic carbocycles. The Morgan fingerprint density at radius 1 is 1.36 bits per heavy atom. The van der Waals surface area contributed by atoms with E-state index in [1.54, 1.807) is 6.20 Å². The van der Waals surface area contributed by atoms with Crippen LogP contribution >= 0.6 is 0 Å². The predicted octanol–water partition coefficient (Wildman–Crippen LogP) is 0.740. The lowest BCUT2D eigenvalue weighted by Gasteiger charge is -2.13. The number of aliphatic imine (C=N–C) groups is 1. The molecular weight excluding hydrogens is 138 g/mol. The van der Waals surface area contributed by atoms with E-state index in [1.807, 2.05) is 26.0 Å². The number of allylic oxidation sites excluding steroid dienone is 2. The van der Waals surface area contributed by atoms with Crippen LogP contribution in [0.15, 0.2) is 29.0 Å². The van der Waals surface area contributed by atoms with Gasteiger partial charge in [0.2, 0.25) is 0 Å². The zero-order valence-electron chi connectivity index (χ0n) is 6.83. The van der Waals surface area contributed by atoms with Crippen LogP contribution in [0.1, 0.15) is 13.8 Å². The van der Waals surface area contributed by atoms with Crippen LogP contribution in [0.25, 0.3) is 0 Å². The van der Waals surface area contributed by atoms with Gasteiger partial charge in [-0.3, -0.25) is 0 Å². The Kier molecular flexibility index (Phi) is 1.72. The van der Waals surface area contributed by atoms with Crippen LogP contribution in [0.3, 0.4) is 0 Å². The van der Waals surface area contributed by atoms with E-state index in [1.165, 1.54) is 0 Å². The fourth-order valence-electron chi connectivity index (χ4n) is 0.907. The molecule has 0 fully saturated rings. The summed E-state index contributed by atoms with van der Waals surface area (Å²) in [5.74, 6) is 0.395. The lowest BCUT2D eigenvalue weighted by atomic mass is 9.92. The molecule has 0 aliphatic carbocycles. The Morgan fingerprint density at radius 2 is 2.00 bits per heavy atom. The van der Waals surface area contributed by atoms with Crippen molar-refractivity contribution in [3.8, 4) is 0 Å². The van der Waals surface area contributed by atoms with E-state index in [9.17, 15) is 0 Å². The van der Waals surface area contributed by atoms with Crippen molar-refractivity contribution in [3.05, 3.63) is 24.0 Å². The first-order valence-corrected chi connectivity index (χ1v) is 3.51. The summed E-state index contributed by atoms with van der Waals surface area (Å²) < 4.78 is 0. The first-order chi connectivity index (χ1) is 5.01. The van der Waals surface area contributed by atoms with Crippen LogP contribution in [0, 0.1) is 5.41 Å². The number of nitrogens with two attached hydrogens (primary N) is 2. The second-order valence-corrected chi connectivity index (χ2v) is 3.25. The monoisotopic (exact) mass is 151 g/mol. The van der Waals surface area contributed by atoms with Gasteiger partial charge >= 0.3 is 0 Å². The van der Waals surface area contributed by atoms with Gasteiger partial charge in [-0.2, -0.15) is 0 Å². The average Bonchev–Trinajstić information content (AvgIpc) is 1.93. The molecule has 0 saturated heterocycles. The molecule has 3 heteroatoms. The number of rotatable bonds is 0. The lowest BCUT2D eigenvalue weighted by Crippen LogP contribution is -2.21. The van der Waals surface area contributed by atoms with E-state index in [4.69, 9.17) is 11.5 Å². The van der Waals surface area contributed by atoms with Gasteiger partial charge in [0.1, 0.15) is 5.84 Å². The van der Waals surface area contributed by atoms with E-state index in [0.29, 0.717) is 11.5 Å². The van der Waals surface area contributed by atoms with E-state index < -0.39 is 0 Å². The van der Waals surface area contributed by atoms with Gasteiger partial charge in [0, 0.05) is 11.6 Å². The van der Waals surface area contributed by atoms with Crippen LogP contribution in [-0.2, 0) is 0 Å². The van der Waals surface area contributed by atoms with Crippen molar-refractivity contribution in [2.24, 2.45) is 21.9 Å². The molecule has 60 valence electrons. The van der Waals surface area contributed by atoms with Crippen molar-refractivity contribution in [2.45, 2.75) is 13.8 Å². The van der Waals surface area contributed by atoms with Crippen molar-refractivity contribution < 1.29 is 0 Å². The summed E-state index contributed by atoms with van der Waals surface area (Å²) in [5, 5.41) is 0. The highest BCUT2D eigenvalue weighted by atomic mass is 14.9. The Labute approximate surface area is 66.5 Å². The maximum atomic E-state index is 5.62. The largest absolute Gasteiger partial charge is 0.396 e. The fraction of sp³-hybridized carbons (Fsp3) is 0.375. The van der Waals surface area contributed by atoms with Crippen LogP contribution in [-0.4, -0.2) is 5.84 Å². The minimum absolute atomic E-state index is 0.0469. The van der Waals surface area contributed by atoms with Crippen molar-refractivity contribution in [2.75, 3.05) is 0 Å². The zero-order valence-corrected chi connectivity index (χ0v) is 6.83. The summed E-state index contributed by atoms with van der Waals surface area (Å²) in [6.45, 7) is 4.09. The number of amidine groups is 1. The van der Waals surface area contributed by atoms with Gasteiger partial charge < -0.3 is 11.5 Å². The molecule has 1 aliphatic rings. The SMILES string of the molecule is CC1(C)C=CN=C(N)C(N)=C1. The summed E-state index contributed by atoms with van der Waals surface area (Å²) in [7, 11) is 0. The minimum atomic E-state index is -0.0469. The third-order valence-electron chi connectivity index (χ3n) is 1.54. The molecule has 0 unspecified atom stereocenters. The highest BCUT2D eigenvalue weighted by Gasteiger charge is 2.13. The smallest absolute Gasteiger partial charge is 0.146 e. The second-order valence-electron chi connectivity index (χ2n) is 3.25. The minimum Gasteiger partial charge on any atom is -0.396 e. The quantitative estimate of drug-likeness (QED) is 0.536. The molecule has 0 aromatic heterocycles. The Morgan fingerprint density at radius 3 is 2.64 bits per heavy atom. The third-order valence-corrected chi connectivity index (χ3v) is 1.54. The molecule has 4 N–H and O–H groups in total.